The van der Waals surface area contributed by atoms with E-state index in [9.17, 15) is 29.4 Å². The molecular formula is C16H20BrN3O8S. The predicted octanol–water partition coefficient (Wildman–Crippen LogP) is -0.170. The van der Waals surface area contributed by atoms with Gasteiger partial charge in [-0.15, -0.1) is 11.8 Å². The number of nitrogens with two attached hydrogens (primary N) is 1. The SMILES string of the molecule is N[C@@H](CCC(=O)N[C@@H](CSc1cc(Br)cc(O)c1O)C(=O)NCC(=O)O)C(=O)O. The number of nitrogens with one attached hydrogen (secondary N) is 2. The van der Waals surface area contributed by atoms with Gasteiger partial charge in [-0.05, 0) is 18.6 Å². The molecule has 0 aromatic heterocycles. The standard InChI is InChI=1S/C16H20BrN3O8S/c17-7-3-10(21)14(25)11(4-7)29-6-9(15(26)19-5-13(23)24)20-12(22)2-1-8(18)16(27)28/h3-4,8-9,21,25H,1-2,5-6,18H2,(H,19,26)(H,20,22)(H,23,24)(H,27,28)/t8-,9-/m0/s1. The van der Waals surface area contributed by atoms with E-state index in [1.165, 1.54) is 12.1 Å². The minimum absolute atomic E-state index is 0.106. The monoisotopic (exact) mass is 493 g/mol. The molecule has 0 fully saturated rings. The van der Waals surface area contributed by atoms with Crippen molar-refractivity contribution in [1.29, 1.82) is 0 Å². The Labute approximate surface area is 177 Å². The van der Waals surface area contributed by atoms with E-state index in [-0.39, 0.29) is 29.2 Å². The van der Waals surface area contributed by atoms with Crippen molar-refractivity contribution >= 4 is 51.4 Å². The maximum absolute atomic E-state index is 12.2. The molecule has 11 nitrogen and oxygen atoms in total. The molecule has 1 aromatic carbocycles. The Morgan fingerprint density at radius 2 is 1.83 bits per heavy atom. The molecule has 0 aliphatic carbocycles. The number of phenolic OH excluding ortho intramolecular Hbond substituents is 2. The van der Waals surface area contributed by atoms with Gasteiger partial charge in [-0.1, -0.05) is 15.9 Å². The molecule has 0 spiro atoms. The lowest BCUT2D eigenvalue weighted by Gasteiger charge is -2.18. The number of rotatable bonds is 11. The third-order valence-electron chi connectivity index (χ3n) is 3.49. The highest BCUT2D eigenvalue weighted by Gasteiger charge is 2.23. The molecule has 0 unspecified atom stereocenters. The zero-order valence-corrected chi connectivity index (χ0v) is 17.3. The van der Waals surface area contributed by atoms with Crippen molar-refractivity contribution in [1.82, 2.24) is 10.6 Å². The molecule has 0 radical (unpaired) electrons. The molecule has 0 bridgehead atoms. The number of carboxylic acids is 2. The maximum Gasteiger partial charge on any atom is 0.322 e. The van der Waals surface area contributed by atoms with Gasteiger partial charge in [0.2, 0.25) is 11.8 Å². The van der Waals surface area contributed by atoms with E-state index < -0.39 is 48.1 Å². The highest BCUT2D eigenvalue weighted by Crippen LogP contribution is 2.38. The Bertz CT molecular complexity index is 792. The number of hydrogen-bond acceptors (Lipinski definition) is 8. The first-order valence-corrected chi connectivity index (χ1v) is 9.90. The molecule has 0 saturated carbocycles. The fraction of sp³-hybridized carbons (Fsp3) is 0.375. The number of carbonyl (C=O) groups excluding carboxylic acids is 2. The zero-order valence-electron chi connectivity index (χ0n) is 14.9. The Morgan fingerprint density at radius 3 is 2.41 bits per heavy atom. The Kier molecular flexibility index (Phi) is 9.71. The van der Waals surface area contributed by atoms with Crippen LogP contribution in [0.3, 0.4) is 0 Å². The molecule has 1 rings (SSSR count). The van der Waals surface area contributed by atoms with Crippen LogP contribution in [0.5, 0.6) is 11.5 Å². The average molecular weight is 494 g/mol. The molecule has 2 atom stereocenters. The zero-order chi connectivity index (χ0) is 22.1. The molecule has 1 aromatic rings. The highest BCUT2D eigenvalue weighted by atomic mass is 79.9. The van der Waals surface area contributed by atoms with Crippen LogP contribution in [-0.2, 0) is 19.2 Å². The summed E-state index contributed by atoms with van der Waals surface area (Å²) in [5.41, 5.74) is 5.33. The molecule has 13 heteroatoms. The van der Waals surface area contributed by atoms with E-state index >= 15 is 0 Å². The van der Waals surface area contributed by atoms with Gasteiger partial charge < -0.3 is 36.8 Å². The number of carboxylic acid groups (broad SMARTS) is 2. The average Bonchev–Trinajstić information content (AvgIpc) is 2.64. The van der Waals surface area contributed by atoms with E-state index in [2.05, 4.69) is 26.6 Å². The summed E-state index contributed by atoms with van der Waals surface area (Å²) in [7, 11) is 0. The molecule has 8 N–H and O–H groups in total. The predicted molar refractivity (Wildman–Crippen MR) is 106 cm³/mol. The minimum Gasteiger partial charge on any atom is -0.504 e. The number of hydrogen-bond donors (Lipinski definition) is 7. The van der Waals surface area contributed by atoms with Crippen molar-refractivity contribution in [2.24, 2.45) is 5.73 Å². The largest absolute Gasteiger partial charge is 0.504 e. The molecule has 0 saturated heterocycles. The van der Waals surface area contributed by atoms with Gasteiger partial charge >= 0.3 is 11.9 Å². The van der Waals surface area contributed by atoms with Crippen LogP contribution in [0.1, 0.15) is 12.8 Å². The van der Waals surface area contributed by atoms with Crippen molar-refractivity contribution in [3.8, 4) is 11.5 Å². The number of thioether (sulfide) groups is 1. The van der Waals surface area contributed by atoms with Crippen LogP contribution in [0.25, 0.3) is 0 Å². The summed E-state index contributed by atoms with van der Waals surface area (Å²) in [5, 5.41) is 41.5. The van der Waals surface area contributed by atoms with Crippen molar-refractivity contribution in [3.05, 3.63) is 16.6 Å². The maximum atomic E-state index is 12.2. The lowest BCUT2D eigenvalue weighted by molar-refractivity contribution is -0.139. The smallest absolute Gasteiger partial charge is 0.322 e. The fourth-order valence-corrected chi connectivity index (χ4v) is 3.62. The topological polar surface area (TPSA) is 199 Å². The number of phenols is 2. The molecule has 0 aliphatic heterocycles. The van der Waals surface area contributed by atoms with Gasteiger partial charge in [0.05, 0.1) is 4.90 Å². The molecule has 0 aliphatic rings. The Hall–Kier alpha value is -2.51. The Morgan fingerprint density at radius 1 is 1.17 bits per heavy atom. The normalized spacial score (nSPS) is 12.6. The summed E-state index contributed by atoms with van der Waals surface area (Å²) in [6.07, 6.45) is -0.415. The quantitative estimate of drug-likeness (QED) is 0.160. The third-order valence-corrected chi connectivity index (χ3v) is 5.07. The van der Waals surface area contributed by atoms with Gasteiger partial charge in [0.1, 0.15) is 18.6 Å². The lowest BCUT2D eigenvalue weighted by Crippen LogP contribution is -2.49. The minimum atomic E-state index is -1.28. The van der Waals surface area contributed by atoms with Gasteiger partial charge in [-0.2, -0.15) is 0 Å². The fourth-order valence-electron chi connectivity index (χ4n) is 1.99. The van der Waals surface area contributed by atoms with E-state index in [1.807, 2.05) is 0 Å². The van der Waals surface area contributed by atoms with Crippen LogP contribution in [0.2, 0.25) is 0 Å². The molecule has 2 amide bonds. The van der Waals surface area contributed by atoms with Gasteiger partial charge in [0, 0.05) is 16.6 Å². The first-order valence-electron chi connectivity index (χ1n) is 8.12. The van der Waals surface area contributed by atoms with Crippen LogP contribution >= 0.6 is 27.7 Å². The lowest BCUT2D eigenvalue weighted by atomic mass is 10.1. The molecule has 0 heterocycles. The number of amides is 2. The van der Waals surface area contributed by atoms with E-state index in [0.717, 1.165) is 11.8 Å². The summed E-state index contributed by atoms with van der Waals surface area (Å²) >= 11 is 4.09. The van der Waals surface area contributed by atoms with Crippen LogP contribution < -0.4 is 16.4 Å². The van der Waals surface area contributed by atoms with Crippen LogP contribution in [0.4, 0.5) is 0 Å². The Balaban J connectivity index is 2.83. The summed E-state index contributed by atoms with van der Waals surface area (Å²) in [6.45, 7) is -0.664. The van der Waals surface area contributed by atoms with Crippen molar-refractivity contribution < 1.29 is 39.6 Å². The second kappa shape index (κ2) is 11.5. The third kappa shape index (κ3) is 8.58. The first kappa shape index (κ1) is 24.5. The first-order chi connectivity index (χ1) is 13.5. The van der Waals surface area contributed by atoms with Gasteiger partial charge in [-0.25, -0.2) is 0 Å². The molecule has 160 valence electrons. The highest BCUT2D eigenvalue weighted by molar-refractivity contribution is 9.10. The number of benzene rings is 1. The van der Waals surface area contributed by atoms with Crippen molar-refractivity contribution in [3.63, 3.8) is 0 Å². The van der Waals surface area contributed by atoms with Gasteiger partial charge in [0.25, 0.3) is 0 Å². The number of aromatic hydroxyl groups is 2. The molecular weight excluding hydrogens is 474 g/mol. The number of halogens is 1. The van der Waals surface area contributed by atoms with Crippen LogP contribution in [-0.4, -0.2) is 68.6 Å². The summed E-state index contributed by atoms with van der Waals surface area (Å²) in [4.78, 5) is 45.8. The van der Waals surface area contributed by atoms with Crippen LogP contribution in [0.15, 0.2) is 21.5 Å². The second-order valence-electron chi connectivity index (χ2n) is 5.80. The molecule has 29 heavy (non-hydrogen) atoms. The van der Waals surface area contributed by atoms with Crippen molar-refractivity contribution in [2.45, 2.75) is 29.8 Å². The summed E-state index contributed by atoms with van der Waals surface area (Å²) < 4.78 is 0.467. The van der Waals surface area contributed by atoms with E-state index in [4.69, 9.17) is 15.9 Å². The van der Waals surface area contributed by atoms with E-state index in [0.29, 0.717) is 4.47 Å². The van der Waals surface area contributed by atoms with Crippen LogP contribution in [0, 0.1) is 0 Å². The van der Waals surface area contributed by atoms with Gasteiger partial charge in [-0.3, -0.25) is 19.2 Å². The van der Waals surface area contributed by atoms with Gasteiger partial charge in [0.15, 0.2) is 11.5 Å². The second-order valence-corrected chi connectivity index (χ2v) is 7.78. The summed E-state index contributed by atoms with van der Waals surface area (Å²) in [6, 6.07) is 0.327. The number of aliphatic carboxylic acids is 2. The number of carbonyl (C=O) groups is 4. The van der Waals surface area contributed by atoms with Crippen molar-refractivity contribution in [2.75, 3.05) is 12.3 Å². The summed E-state index contributed by atoms with van der Waals surface area (Å²) in [5.74, 6) is -4.89. The van der Waals surface area contributed by atoms with E-state index in [1.54, 1.807) is 0 Å².